The van der Waals surface area contributed by atoms with Gasteiger partial charge in [-0.25, -0.2) is 0 Å². The van der Waals surface area contributed by atoms with Crippen molar-refractivity contribution in [3.63, 3.8) is 0 Å². The topological polar surface area (TPSA) is 32.7 Å². The molecule has 21 heavy (non-hydrogen) atoms. The molecular formula is C18H23NO2. The number of ether oxygens (including phenoxy) is 1. The summed E-state index contributed by atoms with van der Waals surface area (Å²) in [5, 5.41) is 12.2. The smallest absolute Gasteiger partial charge is 0.132 e. The summed E-state index contributed by atoms with van der Waals surface area (Å²) < 4.78 is 6.07. The van der Waals surface area contributed by atoms with Gasteiger partial charge in [-0.2, -0.15) is 0 Å². The van der Waals surface area contributed by atoms with Crippen LogP contribution in [0.5, 0.6) is 5.75 Å². The zero-order chi connectivity index (χ0) is 14.7. The third-order valence-corrected chi connectivity index (χ3v) is 4.21. The molecule has 2 aromatic rings. The first kappa shape index (κ1) is 14.4. The van der Waals surface area contributed by atoms with E-state index in [4.69, 9.17) is 4.74 Å². The van der Waals surface area contributed by atoms with Crippen LogP contribution in [0.25, 0.3) is 10.8 Å². The van der Waals surface area contributed by atoms with E-state index in [2.05, 4.69) is 17.0 Å². The quantitative estimate of drug-likeness (QED) is 0.914. The van der Waals surface area contributed by atoms with E-state index in [0.29, 0.717) is 6.61 Å². The number of fused-ring (bicyclic) bond motifs is 1. The van der Waals surface area contributed by atoms with E-state index in [1.54, 1.807) is 6.92 Å². The van der Waals surface area contributed by atoms with Crippen molar-refractivity contribution in [1.29, 1.82) is 0 Å². The van der Waals surface area contributed by atoms with Gasteiger partial charge in [-0.15, -0.1) is 0 Å². The lowest BCUT2D eigenvalue weighted by atomic mass is 10.0. The standard InChI is InChI=1S/C18H23NO2/c1-14(20)16-9-8-15-6-2-3-7-17(15)18(16)21-13-12-19-10-4-5-11-19/h2-3,6-9,14,20H,4-5,10-13H2,1H3/t14-/m0/s1. The normalized spacial score (nSPS) is 17.2. The Balaban J connectivity index is 1.82. The van der Waals surface area contributed by atoms with E-state index >= 15 is 0 Å². The molecule has 0 aromatic heterocycles. The number of hydrogen-bond donors (Lipinski definition) is 1. The molecular weight excluding hydrogens is 262 g/mol. The molecule has 1 heterocycles. The highest BCUT2D eigenvalue weighted by atomic mass is 16.5. The first-order valence-corrected chi connectivity index (χ1v) is 7.80. The van der Waals surface area contributed by atoms with Gasteiger partial charge in [0.15, 0.2) is 0 Å². The molecule has 0 radical (unpaired) electrons. The number of nitrogens with zero attached hydrogens (tertiary/aromatic N) is 1. The third kappa shape index (κ3) is 3.20. The highest BCUT2D eigenvalue weighted by molar-refractivity contribution is 5.89. The summed E-state index contributed by atoms with van der Waals surface area (Å²) in [5.41, 5.74) is 0.870. The number of benzene rings is 2. The van der Waals surface area contributed by atoms with Gasteiger partial charge in [0, 0.05) is 17.5 Å². The van der Waals surface area contributed by atoms with Gasteiger partial charge >= 0.3 is 0 Å². The molecule has 0 amide bonds. The molecule has 0 spiro atoms. The molecule has 0 bridgehead atoms. The average molecular weight is 285 g/mol. The van der Waals surface area contributed by atoms with Crippen molar-refractivity contribution in [2.45, 2.75) is 25.9 Å². The zero-order valence-corrected chi connectivity index (χ0v) is 12.6. The monoisotopic (exact) mass is 285 g/mol. The van der Waals surface area contributed by atoms with E-state index in [0.717, 1.165) is 28.6 Å². The number of aliphatic hydroxyl groups excluding tert-OH is 1. The fraction of sp³-hybridized carbons (Fsp3) is 0.444. The summed E-state index contributed by atoms with van der Waals surface area (Å²) >= 11 is 0. The van der Waals surface area contributed by atoms with Crippen LogP contribution >= 0.6 is 0 Å². The van der Waals surface area contributed by atoms with Gasteiger partial charge < -0.3 is 9.84 Å². The average Bonchev–Trinajstić information content (AvgIpc) is 3.00. The maximum atomic E-state index is 9.98. The van der Waals surface area contributed by atoms with E-state index < -0.39 is 6.10 Å². The van der Waals surface area contributed by atoms with Crippen LogP contribution in [0, 0.1) is 0 Å². The van der Waals surface area contributed by atoms with Crippen molar-refractivity contribution in [1.82, 2.24) is 4.90 Å². The molecule has 112 valence electrons. The van der Waals surface area contributed by atoms with Crippen LogP contribution in [0.15, 0.2) is 36.4 Å². The Morgan fingerprint density at radius 3 is 2.67 bits per heavy atom. The largest absolute Gasteiger partial charge is 0.491 e. The summed E-state index contributed by atoms with van der Waals surface area (Å²) in [7, 11) is 0. The van der Waals surface area contributed by atoms with Gasteiger partial charge in [0.05, 0.1) is 6.10 Å². The minimum Gasteiger partial charge on any atom is -0.491 e. The SMILES string of the molecule is C[C@H](O)c1ccc2ccccc2c1OCCN1CCCC1. The summed E-state index contributed by atoms with van der Waals surface area (Å²) in [6, 6.07) is 12.2. The molecule has 1 aliphatic rings. The van der Waals surface area contributed by atoms with Gasteiger partial charge in [-0.3, -0.25) is 4.90 Å². The molecule has 3 rings (SSSR count). The predicted octanol–water partition coefficient (Wildman–Crippen LogP) is 3.37. The van der Waals surface area contributed by atoms with Crippen molar-refractivity contribution in [2.24, 2.45) is 0 Å². The van der Waals surface area contributed by atoms with Crippen LogP contribution in [0.2, 0.25) is 0 Å². The lowest BCUT2D eigenvalue weighted by Crippen LogP contribution is -2.25. The van der Waals surface area contributed by atoms with E-state index in [1.807, 2.05) is 24.3 Å². The Hall–Kier alpha value is -1.58. The summed E-state index contributed by atoms with van der Waals surface area (Å²) in [4.78, 5) is 2.44. The van der Waals surface area contributed by atoms with Gasteiger partial charge in [-0.1, -0.05) is 36.4 Å². The number of hydrogen-bond acceptors (Lipinski definition) is 3. The van der Waals surface area contributed by atoms with Crippen LogP contribution in [-0.2, 0) is 0 Å². The Kier molecular flexibility index (Phi) is 4.42. The number of aliphatic hydroxyl groups is 1. The van der Waals surface area contributed by atoms with Crippen molar-refractivity contribution >= 4 is 10.8 Å². The first-order valence-electron chi connectivity index (χ1n) is 7.80. The second kappa shape index (κ2) is 6.46. The molecule has 2 aromatic carbocycles. The number of rotatable bonds is 5. The molecule has 0 unspecified atom stereocenters. The summed E-state index contributed by atoms with van der Waals surface area (Å²) in [6.45, 7) is 5.79. The molecule has 1 fully saturated rings. The Morgan fingerprint density at radius 1 is 1.14 bits per heavy atom. The second-order valence-electron chi connectivity index (χ2n) is 5.78. The highest BCUT2D eigenvalue weighted by Crippen LogP contribution is 2.33. The van der Waals surface area contributed by atoms with Crippen LogP contribution in [0.1, 0.15) is 31.4 Å². The van der Waals surface area contributed by atoms with Gasteiger partial charge in [0.2, 0.25) is 0 Å². The van der Waals surface area contributed by atoms with Crippen LogP contribution in [0.3, 0.4) is 0 Å². The van der Waals surface area contributed by atoms with E-state index in [1.165, 1.54) is 25.9 Å². The molecule has 1 saturated heterocycles. The minimum absolute atomic E-state index is 0.517. The Morgan fingerprint density at radius 2 is 1.90 bits per heavy atom. The lowest BCUT2D eigenvalue weighted by molar-refractivity contribution is 0.187. The second-order valence-corrected chi connectivity index (χ2v) is 5.78. The highest BCUT2D eigenvalue weighted by Gasteiger charge is 2.15. The Bertz CT molecular complexity index is 603. The fourth-order valence-corrected chi connectivity index (χ4v) is 3.03. The van der Waals surface area contributed by atoms with E-state index in [-0.39, 0.29) is 0 Å². The molecule has 3 heteroatoms. The van der Waals surface area contributed by atoms with Crippen molar-refractivity contribution < 1.29 is 9.84 Å². The predicted molar refractivity (Wildman–Crippen MR) is 85.8 cm³/mol. The molecule has 1 atom stereocenters. The van der Waals surface area contributed by atoms with Gasteiger partial charge in [0.25, 0.3) is 0 Å². The molecule has 0 aliphatic carbocycles. The maximum absolute atomic E-state index is 9.98. The van der Waals surface area contributed by atoms with Crippen molar-refractivity contribution in [2.75, 3.05) is 26.2 Å². The summed E-state index contributed by atoms with van der Waals surface area (Å²) in [5.74, 6) is 0.835. The molecule has 3 nitrogen and oxygen atoms in total. The summed E-state index contributed by atoms with van der Waals surface area (Å²) in [6.07, 6.45) is 2.08. The molecule has 0 saturated carbocycles. The Labute approximate surface area is 126 Å². The van der Waals surface area contributed by atoms with Crippen LogP contribution in [0.4, 0.5) is 0 Å². The maximum Gasteiger partial charge on any atom is 0.132 e. The molecule has 1 N–H and O–H groups in total. The van der Waals surface area contributed by atoms with Crippen LogP contribution < -0.4 is 4.74 Å². The molecule has 1 aliphatic heterocycles. The van der Waals surface area contributed by atoms with E-state index in [9.17, 15) is 5.11 Å². The number of likely N-dealkylation sites (tertiary alicyclic amines) is 1. The van der Waals surface area contributed by atoms with Crippen LogP contribution in [-0.4, -0.2) is 36.2 Å². The fourth-order valence-electron chi connectivity index (χ4n) is 3.03. The lowest BCUT2D eigenvalue weighted by Gasteiger charge is -2.19. The third-order valence-electron chi connectivity index (χ3n) is 4.21. The van der Waals surface area contributed by atoms with Gasteiger partial charge in [0.1, 0.15) is 12.4 Å². The first-order chi connectivity index (χ1) is 10.3. The zero-order valence-electron chi connectivity index (χ0n) is 12.6. The van der Waals surface area contributed by atoms with Crippen molar-refractivity contribution in [3.8, 4) is 5.75 Å². The van der Waals surface area contributed by atoms with Gasteiger partial charge in [-0.05, 0) is 38.2 Å². The van der Waals surface area contributed by atoms with Crippen molar-refractivity contribution in [3.05, 3.63) is 42.0 Å². The minimum atomic E-state index is -0.517.